The van der Waals surface area contributed by atoms with Gasteiger partial charge in [0.05, 0.1) is 22.3 Å². The highest BCUT2D eigenvalue weighted by Crippen LogP contribution is 2.37. The van der Waals surface area contributed by atoms with Gasteiger partial charge in [0.2, 0.25) is 10.0 Å². The third-order valence-electron chi connectivity index (χ3n) is 6.94. The summed E-state index contributed by atoms with van der Waals surface area (Å²) in [6, 6.07) is 5.63. The Morgan fingerprint density at radius 3 is 2.32 bits per heavy atom. The Kier molecular flexibility index (Phi) is 9.96. The van der Waals surface area contributed by atoms with Gasteiger partial charge in [-0.25, -0.2) is 26.7 Å². The number of ether oxygens (including phenoxy) is 1. The molecule has 0 spiro atoms. The van der Waals surface area contributed by atoms with Gasteiger partial charge in [-0.05, 0) is 49.8 Å². The van der Waals surface area contributed by atoms with Crippen LogP contribution in [0, 0.1) is 17.6 Å². The Balaban J connectivity index is 1.61. The molecule has 0 saturated heterocycles. The van der Waals surface area contributed by atoms with E-state index in [0.717, 1.165) is 38.2 Å². The maximum atomic E-state index is 15.4. The maximum absolute atomic E-state index is 15.4. The van der Waals surface area contributed by atoms with E-state index in [9.17, 15) is 22.4 Å². The second-order valence-corrected chi connectivity index (χ2v) is 13.3. The largest absolute Gasteiger partial charge is 0.481 e. The summed E-state index contributed by atoms with van der Waals surface area (Å²) in [7, 11) is -3.79. The predicted molar refractivity (Wildman–Crippen MR) is 155 cm³/mol. The SMILES string of the molecule is CC(C)CN(c1cc(F)c(OCC(=O)NS(=O)(=O)C2CC2)cc1NC(=O)Nc1ccc(Cl)cc1F)C1CCCCC1. The molecule has 2 saturated carbocycles. The van der Waals surface area contributed by atoms with Crippen molar-refractivity contribution in [1.29, 1.82) is 0 Å². The molecule has 9 nitrogen and oxygen atoms in total. The molecule has 0 heterocycles. The summed E-state index contributed by atoms with van der Waals surface area (Å²) in [6.07, 6.45) is 5.94. The van der Waals surface area contributed by atoms with E-state index in [-0.39, 0.29) is 34.1 Å². The lowest BCUT2D eigenvalue weighted by atomic mass is 9.93. The topological polar surface area (TPSA) is 117 Å². The smallest absolute Gasteiger partial charge is 0.323 e. The summed E-state index contributed by atoms with van der Waals surface area (Å²) in [5.74, 6) is -2.58. The molecule has 2 aliphatic carbocycles. The summed E-state index contributed by atoms with van der Waals surface area (Å²) in [5.41, 5.74) is 0.500. The van der Waals surface area contributed by atoms with Gasteiger partial charge in [-0.2, -0.15) is 0 Å². The molecule has 2 fully saturated rings. The predicted octanol–water partition coefficient (Wildman–Crippen LogP) is 6.04. The highest BCUT2D eigenvalue weighted by atomic mass is 35.5. The number of nitrogens with zero attached hydrogens (tertiary/aromatic N) is 1. The number of nitrogens with one attached hydrogen (secondary N) is 3. The van der Waals surface area contributed by atoms with Crippen LogP contribution in [0.15, 0.2) is 30.3 Å². The van der Waals surface area contributed by atoms with Gasteiger partial charge in [-0.3, -0.25) is 4.79 Å². The second-order valence-electron chi connectivity index (χ2n) is 10.9. The molecule has 0 unspecified atom stereocenters. The minimum atomic E-state index is -3.79. The van der Waals surface area contributed by atoms with E-state index in [1.54, 1.807) is 0 Å². The number of carbonyl (C=O) groups is 2. The second kappa shape index (κ2) is 13.2. The summed E-state index contributed by atoms with van der Waals surface area (Å²) < 4.78 is 61.1. The van der Waals surface area contributed by atoms with E-state index in [1.807, 2.05) is 18.6 Å². The Morgan fingerprint density at radius 1 is 1.00 bits per heavy atom. The molecule has 3 amide bonds. The summed E-state index contributed by atoms with van der Waals surface area (Å²) >= 11 is 5.81. The normalized spacial score (nSPS) is 15.9. The summed E-state index contributed by atoms with van der Waals surface area (Å²) in [4.78, 5) is 27.3. The number of sulfonamides is 1. The fourth-order valence-corrected chi connectivity index (χ4v) is 6.34. The van der Waals surface area contributed by atoms with Crippen molar-refractivity contribution in [3.8, 4) is 5.75 Å². The molecule has 4 rings (SSSR count). The zero-order chi connectivity index (χ0) is 29.7. The first-order valence-electron chi connectivity index (χ1n) is 13.7. The molecular weight excluding hydrogens is 578 g/mol. The van der Waals surface area contributed by atoms with Crippen molar-refractivity contribution >= 4 is 50.6 Å². The molecule has 0 atom stereocenters. The van der Waals surface area contributed by atoms with E-state index < -0.39 is 45.5 Å². The van der Waals surface area contributed by atoms with Gasteiger partial charge < -0.3 is 20.3 Å². The molecule has 2 aromatic carbocycles. The molecule has 0 aliphatic heterocycles. The van der Waals surface area contributed by atoms with Gasteiger partial charge in [0.25, 0.3) is 5.91 Å². The number of hydrogen-bond acceptors (Lipinski definition) is 6. The third-order valence-corrected chi connectivity index (χ3v) is 9.04. The van der Waals surface area contributed by atoms with Crippen LogP contribution in [0.1, 0.15) is 58.8 Å². The first kappa shape index (κ1) is 30.8. The van der Waals surface area contributed by atoms with E-state index in [2.05, 4.69) is 15.5 Å². The molecule has 2 aliphatic rings. The lowest BCUT2D eigenvalue weighted by molar-refractivity contribution is -0.121. The lowest BCUT2D eigenvalue weighted by Gasteiger charge is -2.38. The van der Waals surface area contributed by atoms with Crippen molar-refractivity contribution in [3.05, 3.63) is 47.0 Å². The highest BCUT2D eigenvalue weighted by Gasteiger charge is 2.37. The number of rotatable bonds is 11. The van der Waals surface area contributed by atoms with Gasteiger partial charge >= 0.3 is 6.03 Å². The lowest BCUT2D eigenvalue weighted by Crippen LogP contribution is -2.40. The van der Waals surface area contributed by atoms with Crippen LogP contribution in [0.4, 0.5) is 30.6 Å². The van der Waals surface area contributed by atoms with Crippen LogP contribution in [0.3, 0.4) is 0 Å². The van der Waals surface area contributed by atoms with Gasteiger partial charge in [-0.1, -0.05) is 44.7 Å². The van der Waals surface area contributed by atoms with Crippen molar-refractivity contribution in [2.75, 3.05) is 28.7 Å². The molecule has 0 aromatic heterocycles. The number of benzene rings is 2. The van der Waals surface area contributed by atoms with Crippen molar-refractivity contribution in [2.24, 2.45) is 5.92 Å². The van der Waals surface area contributed by atoms with Gasteiger partial charge in [0, 0.05) is 29.7 Å². The minimum absolute atomic E-state index is 0.105. The highest BCUT2D eigenvalue weighted by molar-refractivity contribution is 7.90. The summed E-state index contributed by atoms with van der Waals surface area (Å²) in [5, 5.41) is 4.67. The van der Waals surface area contributed by atoms with E-state index in [0.29, 0.717) is 25.1 Å². The Morgan fingerprint density at radius 2 is 1.68 bits per heavy atom. The van der Waals surface area contributed by atoms with Crippen LogP contribution >= 0.6 is 11.6 Å². The fourth-order valence-electron chi connectivity index (χ4n) is 4.88. The summed E-state index contributed by atoms with van der Waals surface area (Å²) in [6.45, 7) is 3.93. The number of amides is 3. The van der Waals surface area contributed by atoms with Crippen LogP contribution in [0.25, 0.3) is 0 Å². The average molecular weight is 613 g/mol. The standard InChI is InChI=1S/C28H35ClF2N4O5S/c1-17(2)15-35(19-6-4-3-5-7-19)25-13-22(31)26(40-16-27(36)34-41(38,39)20-9-10-20)14-24(25)33-28(37)32-23-11-8-18(29)12-21(23)30/h8,11-14,17,19-20H,3-7,9-10,15-16H2,1-2H3,(H,34,36)(H2,32,33,37). The molecule has 0 bridgehead atoms. The molecule has 13 heteroatoms. The number of hydrogen-bond donors (Lipinski definition) is 3. The number of anilines is 3. The zero-order valence-corrected chi connectivity index (χ0v) is 24.6. The molecule has 2 aromatic rings. The molecule has 224 valence electrons. The molecule has 41 heavy (non-hydrogen) atoms. The van der Waals surface area contributed by atoms with E-state index >= 15 is 4.39 Å². The number of carbonyl (C=O) groups excluding carboxylic acids is 2. The van der Waals surface area contributed by atoms with Crippen LogP contribution < -0.4 is 25.0 Å². The zero-order valence-electron chi connectivity index (χ0n) is 23.0. The fraction of sp³-hybridized carbons (Fsp3) is 0.500. The van der Waals surface area contributed by atoms with Crippen molar-refractivity contribution in [3.63, 3.8) is 0 Å². The first-order valence-corrected chi connectivity index (χ1v) is 15.7. The number of halogens is 3. The first-order chi connectivity index (χ1) is 19.4. The van der Waals surface area contributed by atoms with Crippen molar-refractivity contribution in [1.82, 2.24) is 4.72 Å². The molecule has 0 radical (unpaired) electrons. The monoisotopic (exact) mass is 612 g/mol. The number of urea groups is 1. The Labute approximate surface area is 244 Å². The third kappa shape index (κ3) is 8.45. The van der Waals surface area contributed by atoms with Crippen molar-refractivity contribution in [2.45, 2.75) is 70.1 Å². The van der Waals surface area contributed by atoms with E-state index in [4.69, 9.17) is 16.3 Å². The Hall–Kier alpha value is -3.12. The van der Waals surface area contributed by atoms with Crippen LogP contribution in [0.2, 0.25) is 5.02 Å². The minimum Gasteiger partial charge on any atom is -0.481 e. The van der Waals surface area contributed by atoms with E-state index in [1.165, 1.54) is 24.3 Å². The average Bonchev–Trinajstić information content (AvgIpc) is 3.76. The van der Waals surface area contributed by atoms with Gasteiger partial charge in [0.1, 0.15) is 5.82 Å². The molecule has 3 N–H and O–H groups in total. The van der Waals surface area contributed by atoms with Crippen LogP contribution in [0.5, 0.6) is 5.75 Å². The van der Waals surface area contributed by atoms with Crippen LogP contribution in [-0.4, -0.2) is 44.8 Å². The quantitative estimate of drug-likeness (QED) is 0.285. The van der Waals surface area contributed by atoms with Crippen LogP contribution in [-0.2, 0) is 14.8 Å². The van der Waals surface area contributed by atoms with Gasteiger partial charge in [0.15, 0.2) is 18.2 Å². The molecular formula is C28H35ClF2N4O5S. The maximum Gasteiger partial charge on any atom is 0.323 e. The van der Waals surface area contributed by atoms with Crippen molar-refractivity contribution < 1.29 is 31.5 Å². The van der Waals surface area contributed by atoms with Gasteiger partial charge in [-0.15, -0.1) is 0 Å². The Bertz CT molecular complexity index is 1380.